The molecule has 1 aromatic heterocycles. The number of hydrogen-bond donors (Lipinski definition) is 0. The maximum Gasteiger partial charge on any atom is 0.409 e. The molecule has 34 heavy (non-hydrogen) atoms. The maximum atomic E-state index is 14.3. The predicted octanol–water partition coefficient (Wildman–Crippen LogP) is 5.08. The van der Waals surface area contributed by atoms with Crippen LogP contribution in [-0.2, 0) is 31.7 Å². The molecule has 1 fully saturated rings. The average Bonchev–Trinajstić information content (AvgIpc) is 3.34. The molecule has 0 aliphatic carbocycles. The Labute approximate surface area is 208 Å². The van der Waals surface area contributed by atoms with Crippen LogP contribution in [0.2, 0.25) is 10.3 Å². The molecule has 3 aliphatic heterocycles. The van der Waals surface area contributed by atoms with Crippen molar-refractivity contribution in [2.75, 3.05) is 18.8 Å². The molecule has 0 saturated carbocycles. The Morgan fingerprint density at radius 3 is 2.47 bits per heavy atom. The molecule has 0 N–H and O–H groups in total. The lowest BCUT2D eigenvalue weighted by Crippen LogP contribution is -2.61. The van der Waals surface area contributed by atoms with Crippen molar-refractivity contribution in [3.63, 3.8) is 0 Å². The molecule has 0 amide bonds. The topological polar surface area (TPSA) is 71.9 Å². The van der Waals surface area contributed by atoms with Crippen LogP contribution in [0.15, 0.2) is 34.7 Å². The van der Waals surface area contributed by atoms with Gasteiger partial charge in [-0.2, -0.15) is 17.5 Å². The van der Waals surface area contributed by atoms with Gasteiger partial charge >= 0.3 is 6.18 Å². The fourth-order valence-electron chi connectivity index (χ4n) is 4.55. The second-order valence-corrected chi connectivity index (χ2v) is 12.5. The Kier molecular flexibility index (Phi) is 5.78. The number of nitrogens with zero attached hydrogens (tertiary/aromatic N) is 3. The van der Waals surface area contributed by atoms with Crippen LogP contribution >= 0.6 is 35.1 Å². The van der Waals surface area contributed by atoms with Gasteiger partial charge in [0.15, 0.2) is 4.75 Å². The van der Waals surface area contributed by atoms with Crippen molar-refractivity contribution in [1.29, 1.82) is 0 Å². The first-order chi connectivity index (χ1) is 15.9. The quantitative estimate of drug-likeness (QED) is 0.391. The Balaban J connectivity index is 1.42. The molecule has 1 aromatic carbocycles. The molecular weight excluding hydrogens is 534 g/mol. The van der Waals surface area contributed by atoms with Gasteiger partial charge < -0.3 is 4.74 Å². The second-order valence-electron chi connectivity index (χ2n) is 8.46. The van der Waals surface area contributed by atoms with Crippen molar-refractivity contribution in [3.8, 4) is 0 Å². The normalized spacial score (nSPS) is 24.2. The molecule has 0 radical (unpaired) electrons. The third kappa shape index (κ3) is 3.75. The first-order valence-corrected chi connectivity index (χ1v) is 13.4. The van der Waals surface area contributed by atoms with Crippen molar-refractivity contribution in [1.82, 2.24) is 9.29 Å². The highest BCUT2D eigenvalue weighted by Crippen LogP contribution is 2.57. The summed E-state index contributed by atoms with van der Waals surface area (Å²) in [6.45, 7) is 2.30. The fraction of sp³-hybridized carbons (Fsp3) is 0.429. The first kappa shape index (κ1) is 24.3. The molecule has 3 aliphatic rings. The van der Waals surface area contributed by atoms with Gasteiger partial charge in [-0.1, -0.05) is 35.3 Å². The molecule has 1 spiro atoms. The van der Waals surface area contributed by atoms with E-state index in [1.54, 1.807) is 25.1 Å². The number of hydrogen-bond acceptors (Lipinski definition) is 6. The van der Waals surface area contributed by atoms with Crippen LogP contribution in [0.3, 0.4) is 0 Å². The maximum absolute atomic E-state index is 14.3. The predicted molar refractivity (Wildman–Crippen MR) is 125 cm³/mol. The molecule has 13 heteroatoms. The number of ether oxygens (including phenoxy) is 1. The highest BCUT2D eigenvalue weighted by molar-refractivity contribution is 7.99. The summed E-state index contributed by atoms with van der Waals surface area (Å²) in [5.41, 5.74) is 1.71. The summed E-state index contributed by atoms with van der Waals surface area (Å²) in [5.74, 6) is 0.0151. The molecule has 2 aromatic rings. The Morgan fingerprint density at radius 1 is 1.18 bits per heavy atom. The van der Waals surface area contributed by atoms with E-state index < -0.39 is 33.0 Å². The van der Waals surface area contributed by atoms with Crippen LogP contribution in [-0.4, -0.2) is 48.4 Å². The largest absolute Gasteiger partial charge is 0.409 e. The van der Waals surface area contributed by atoms with Crippen molar-refractivity contribution in [2.45, 2.75) is 36.5 Å². The van der Waals surface area contributed by atoms with Crippen LogP contribution in [0, 0.1) is 0 Å². The van der Waals surface area contributed by atoms with Crippen LogP contribution in [0.25, 0.3) is 0 Å². The van der Waals surface area contributed by atoms with Crippen molar-refractivity contribution in [2.24, 2.45) is 4.40 Å². The zero-order valence-corrected chi connectivity index (χ0v) is 20.8. The van der Waals surface area contributed by atoms with Crippen LogP contribution in [0.1, 0.15) is 35.6 Å². The summed E-state index contributed by atoms with van der Waals surface area (Å²) in [6.07, 6.45) is -5.02. The Bertz CT molecular complexity index is 1290. The lowest BCUT2D eigenvalue weighted by Gasteiger charge is -2.46. The van der Waals surface area contributed by atoms with Gasteiger partial charge in [0.05, 0.1) is 18.1 Å². The third-order valence-electron chi connectivity index (χ3n) is 6.47. The SMILES string of the molecule is CCS(=O)(=O)N1CC2(C1)OCc1cc(C3=NSC(c4cc(Cl)nc(Cl)c4)(C(F)(F)F)C3)ccc12. The van der Waals surface area contributed by atoms with E-state index in [9.17, 15) is 21.6 Å². The lowest BCUT2D eigenvalue weighted by atomic mass is 9.85. The molecule has 5 rings (SSSR count). The van der Waals surface area contributed by atoms with Gasteiger partial charge in [-0.05, 0) is 59.3 Å². The standard InChI is InChI=1S/C21H18Cl2F3N3O3S2/c1-2-34(30,31)29-10-19(11-29)15-4-3-12(5-13(15)9-32-19)16-8-20(33-28-16,21(24,25)26)14-6-17(22)27-18(23)7-14/h3-7H,2,8-11H2,1H3. The van der Waals surface area contributed by atoms with Gasteiger partial charge in [0.1, 0.15) is 15.9 Å². The molecular formula is C21H18Cl2F3N3O3S2. The average molecular weight is 552 g/mol. The van der Waals surface area contributed by atoms with E-state index in [1.165, 1.54) is 16.4 Å². The van der Waals surface area contributed by atoms with Gasteiger partial charge in [-0.25, -0.2) is 17.8 Å². The van der Waals surface area contributed by atoms with Crippen molar-refractivity contribution < 1.29 is 26.3 Å². The number of halogens is 5. The number of rotatable bonds is 4. The minimum Gasteiger partial charge on any atom is -0.363 e. The minimum atomic E-state index is -4.62. The monoisotopic (exact) mass is 551 g/mol. The summed E-state index contributed by atoms with van der Waals surface area (Å²) < 4.78 is 76.4. The summed E-state index contributed by atoms with van der Waals surface area (Å²) in [7, 11) is -3.31. The molecule has 1 saturated heterocycles. The fourth-order valence-corrected chi connectivity index (χ4v) is 7.15. The van der Waals surface area contributed by atoms with Gasteiger partial charge in [0.25, 0.3) is 0 Å². The van der Waals surface area contributed by atoms with Crippen molar-refractivity contribution in [3.05, 3.63) is 62.9 Å². The lowest BCUT2D eigenvalue weighted by molar-refractivity contribution is -0.159. The van der Waals surface area contributed by atoms with Crippen LogP contribution in [0.4, 0.5) is 13.2 Å². The zero-order chi connectivity index (χ0) is 24.5. The van der Waals surface area contributed by atoms with E-state index in [2.05, 4.69) is 9.38 Å². The smallest absolute Gasteiger partial charge is 0.363 e. The van der Waals surface area contributed by atoms with Crippen LogP contribution in [0.5, 0.6) is 0 Å². The van der Waals surface area contributed by atoms with E-state index in [-0.39, 0.29) is 41.3 Å². The van der Waals surface area contributed by atoms with E-state index in [0.29, 0.717) is 23.2 Å². The second kappa shape index (κ2) is 8.07. The zero-order valence-electron chi connectivity index (χ0n) is 17.7. The molecule has 4 heterocycles. The number of benzene rings is 1. The molecule has 6 nitrogen and oxygen atoms in total. The van der Waals surface area contributed by atoms with E-state index >= 15 is 0 Å². The van der Waals surface area contributed by atoms with Crippen molar-refractivity contribution >= 4 is 50.9 Å². The van der Waals surface area contributed by atoms with E-state index in [0.717, 1.165) is 11.1 Å². The van der Waals surface area contributed by atoms with Gasteiger partial charge in [0, 0.05) is 19.5 Å². The van der Waals surface area contributed by atoms with Gasteiger partial charge in [0.2, 0.25) is 10.0 Å². The molecule has 182 valence electrons. The summed E-state index contributed by atoms with van der Waals surface area (Å²) in [6, 6.07) is 7.62. The third-order valence-corrected chi connectivity index (χ3v) is 9.87. The summed E-state index contributed by atoms with van der Waals surface area (Å²) >= 11 is 12.2. The number of sulfonamides is 1. The number of aromatic nitrogens is 1. The Hall–Kier alpha value is -1.37. The highest BCUT2D eigenvalue weighted by Gasteiger charge is 2.60. The number of pyridine rings is 1. The number of alkyl halides is 3. The molecule has 1 atom stereocenters. The molecule has 0 bridgehead atoms. The highest BCUT2D eigenvalue weighted by atomic mass is 35.5. The minimum absolute atomic E-state index is 0.0151. The number of fused-ring (bicyclic) bond motifs is 2. The first-order valence-electron chi connectivity index (χ1n) is 10.3. The summed E-state index contributed by atoms with van der Waals surface area (Å²) in [5, 5.41) is -0.250. The summed E-state index contributed by atoms with van der Waals surface area (Å²) in [4.78, 5) is 3.75. The van der Waals surface area contributed by atoms with E-state index in [4.69, 9.17) is 27.9 Å². The van der Waals surface area contributed by atoms with Gasteiger partial charge in [-0.15, -0.1) is 0 Å². The van der Waals surface area contributed by atoms with E-state index in [1.807, 2.05) is 0 Å². The van der Waals surface area contributed by atoms with Crippen LogP contribution < -0.4 is 0 Å². The molecule has 1 unspecified atom stereocenters. The Morgan fingerprint density at radius 2 is 1.85 bits per heavy atom. The van der Waals surface area contributed by atoms with Gasteiger partial charge in [-0.3, -0.25) is 0 Å².